The van der Waals surface area contributed by atoms with Crippen molar-refractivity contribution in [2.75, 3.05) is 13.7 Å². The van der Waals surface area contributed by atoms with Crippen LogP contribution in [0.15, 0.2) is 21.9 Å². The van der Waals surface area contributed by atoms with Crippen molar-refractivity contribution >= 4 is 17.9 Å². The van der Waals surface area contributed by atoms with Crippen LogP contribution in [0.1, 0.15) is 27.0 Å². The third kappa shape index (κ3) is 4.46. The molecule has 2 heterocycles. The number of nitrogens with one attached hydrogen (secondary N) is 1. The van der Waals surface area contributed by atoms with Crippen LogP contribution in [0.4, 0.5) is 0 Å². The van der Waals surface area contributed by atoms with E-state index >= 15 is 0 Å². The predicted octanol–water partition coefficient (Wildman–Crippen LogP) is -1.17. The molecule has 1 aliphatic heterocycles. The molecule has 0 bridgehead atoms. The number of ether oxygens (including phenoxy) is 5. The number of carbonyl (C=O) groups is 3. The summed E-state index contributed by atoms with van der Waals surface area (Å²) in [6.07, 6.45) is -2.97. The maximum atomic E-state index is 12.2. The van der Waals surface area contributed by atoms with Gasteiger partial charge in [0.05, 0.1) is 0 Å². The van der Waals surface area contributed by atoms with Crippen LogP contribution < -0.4 is 11.2 Å². The highest BCUT2D eigenvalue weighted by Crippen LogP contribution is 2.41. The van der Waals surface area contributed by atoms with Gasteiger partial charge in [-0.2, -0.15) is 0 Å². The van der Waals surface area contributed by atoms with Crippen molar-refractivity contribution in [1.29, 1.82) is 0 Å². The monoisotopic (exact) mass is 400 g/mol. The lowest BCUT2D eigenvalue weighted by molar-refractivity contribution is -0.275. The molecule has 12 heteroatoms. The van der Waals surface area contributed by atoms with Gasteiger partial charge in [0.2, 0.25) is 11.9 Å². The van der Waals surface area contributed by atoms with E-state index in [-0.39, 0.29) is 0 Å². The van der Waals surface area contributed by atoms with E-state index in [9.17, 15) is 24.0 Å². The number of esters is 3. The molecule has 0 saturated carbocycles. The van der Waals surface area contributed by atoms with Gasteiger partial charge in [-0.1, -0.05) is 0 Å². The molecule has 0 amide bonds. The Morgan fingerprint density at radius 1 is 1.14 bits per heavy atom. The molecule has 1 saturated heterocycles. The average molecular weight is 400 g/mol. The molecule has 0 unspecified atom stereocenters. The summed E-state index contributed by atoms with van der Waals surface area (Å²) in [5.74, 6) is -4.06. The standard InChI is InChI=1S/C16H20N2O10/c1-8(19)25-7-16(24-4)13(27-10(3)21)12(26-9(2)20)14(28-16)18-6-5-11(22)17-15(18)23/h5-6,12-14H,7H2,1-4H3,(H,17,22,23)/t12-,13+,14-,16-/m1/s1. The summed E-state index contributed by atoms with van der Waals surface area (Å²) in [7, 11) is 1.20. The van der Waals surface area contributed by atoms with Gasteiger partial charge in [0, 0.05) is 40.1 Å². The minimum atomic E-state index is -1.88. The number of H-pyrrole nitrogens is 1. The molecular formula is C16H20N2O10. The number of aromatic amines is 1. The summed E-state index contributed by atoms with van der Waals surface area (Å²) in [5, 5.41) is 0. The highest BCUT2D eigenvalue weighted by atomic mass is 16.8. The Morgan fingerprint density at radius 2 is 1.79 bits per heavy atom. The SMILES string of the molecule is CO[C@]1(COC(C)=O)O[C@@H](n2ccc(=O)[nH]c2=O)[C@H](OC(C)=O)[C@@H]1OC(C)=O. The van der Waals surface area contributed by atoms with Crippen LogP contribution in [-0.4, -0.2) is 59.2 Å². The van der Waals surface area contributed by atoms with E-state index < -0.39 is 60.0 Å². The number of aromatic nitrogens is 2. The number of hydrogen-bond donors (Lipinski definition) is 1. The van der Waals surface area contributed by atoms with E-state index in [0.717, 1.165) is 37.6 Å². The molecule has 1 aromatic rings. The molecule has 1 fully saturated rings. The first-order chi connectivity index (χ1) is 13.1. The number of nitrogens with zero attached hydrogens (tertiary/aromatic N) is 1. The second kappa shape index (κ2) is 8.35. The number of carbonyl (C=O) groups excluding carboxylic acids is 3. The van der Waals surface area contributed by atoms with Gasteiger partial charge in [-0.15, -0.1) is 0 Å². The summed E-state index contributed by atoms with van der Waals surface area (Å²) >= 11 is 0. The van der Waals surface area contributed by atoms with Crippen LogP contribution in [0, 0.1) is 0 Å². The van der Waals surface area contributed by atoms with Gasteiger partial charge in [0.1, 0.15) is 6.61 Å². The van der Waals surface area contributed by atoms with Crippen molar-refractivity contribution in [3.8, 4) is 0 Å². The first kappa shape index (κ1) is 21.3. The van der Waals surface area contributed by atoms with E-state index in [4.69, 9.17) is 23.7 Å². The van der Waals surface area contributed by atoms with Crippen LogP contribution in [0.5, 0.6) is 0 Å². The quantitative estimate of drug-likeness (QED) is 0.457. The van der Waals surface area contributed by atoms with Gasteiger partial charge >= 0.3 is 23.6 Å². The van der Waals surface area contributed by atoms with E-state index in [1.165, 1.54) is 7.11 Å². The molecule has 1 aromatic heterocycles. The van der Waals surface area contributed by atoms with Crippen LogP contribution in [0.2, 0.25) is 0 Å². The third-order valence-corrected chi connectivity index (χ3v) is 3.88. The summed E-state index contributed by atoms with van der Waals surface area (Å²) < 4.78 is 27.4. The van der Waals surface area contributed by atoms with Gasteiger partial charge in [-0.3, -0.25) is 28.7 Å². The zero-order chi connectivity index (χ0) is 21.1. The summed E-state index contributed by atoms with van der Waals surface area (Å²) in [5.41, 5.74) is -1.52. The predicted molar refractivity (Wildman–Crippen MR) is 88.9 cm³/mol. The minimum absolute atomic E-state index is 0.525. The Hall–Kier alpha value is -2.99. The maximum absolute atomic E-state index is 12.2. The fourth-order valence-electron chi connectivity index (χ4n) is 2.77. The Bertz CT molecular complexity index is 875. The molecule has 1 aliphatic rings. The largest absolute Gasteiger partial charge is 0.460 e. The van der Waals surface area contributed by atoms with Gasteiger partial charge in [-0.25, -0.2) is 4.79 Å². The van der Waals surface area contributed by atoms with Crippen molar-refractivity contribution in [3.63, 3.8) is 0 Å². The molecule has 28 heavy (non-hydrogen) atoms. The smallest absolute Gasteiger partial charge is 0.330 e. The van der Waals surface area contributed by atoms with E-state index in [2.05, 4.69) is 0 Å². The van der Waals surface area contributed by atoms with Crippen molar-refractivity contribution < 1.29 is 38.1 Å². The van der Waals surface area contributed by atoms with Gasteiger partial charge in [0.25, 0.3) is 5.56 Å². The summed E-state index contributed by atoms with van der Waals surface area (Å²) in [6, 6.07) is 1.05. The highest BCUT2D eigenvalue weighted by Gasteiger charge is 2.61. The lowest BCUT2D eigenvalue weighted by atomic mass is 10.1. The lowest BCUT2D eigenvalue weighted by Gasteiger charge is -2.31. The topological polar surface area (TPSA) is 152 Å². The molecule has 0 spiro atoms. The van der Waals surface area contributed by atoms with Crippen molar-refractivity contribution in [3.05, 3.63) is 33.1 Å². The molecule has 154 valence electrons. The first-order valence-electron chi connectivity index (χ1n) is 8.12. The van der Waals surface area contributed by atoms with Crippen molar-refractivity contribution in [2.24, 2.45) is 0 Å². The molecule has 0 aliphatic carbocycles. The Balaban J connectivity index is 2.57. The molecule has 4 atom stereocenters. The zero-order valence-corrected chi connectivity index (χ0v) is 15.6. The van der Waals surface area contributed by atoms with Gasteiger partial charge in [0.15, 0.2) is 12.3 Å². The fraction of sp³-hybridized carbons (Fsp3) is 0.562. The average Bonchev–Trinajstić information content (AvgIpc) is 2.86. The van der Waals surface area contributed by atoms with Crippen molar-refractivity contribution in [1.82, 2.24) is 9.55 Å². The Kier molecular flexibility index (Phi) is 6.36. The molecule has 2 rings (SSSR count). The van der Waals surface area contributed by atoms with Crippen LogP contribution in [0.25, 0.3) is 0 Å². The van der Waals surface area contributed by atoms with E-state index in [1.807, 2.05) is 4.98 Å². The molecule has 12 nitrogen and oxygen atoms in total. The van der Waals surface area contributed by atoms with E-state index in [0.29, 0.717) is 0 Å². The van der Waals surface area contributed by atoms with Crippen LogP contribution >= 0.6 is 0 Å². The first-order valence-corrected chi connectivity index (χ1v) is 8.12. The second-order valence-electron chi connectivity index (χ2n) is 5.93. The number of methoxy groups -OCH3 is 1. The van der Waals surface area contributed by atoms with Gasteiger partial charge < -0.3 is 23.7 Å². The summed E-state index contributed by atoms with van der Waals surface area (Å²) in [4.78, 5) is 60.1. The highest BCUT2D eigenvalue weighted by molar-refractivity contribution is 5.68. The Morgan fingerprint density at radius 3 is 2.29 bits per heavy atom. The third-order valence-electron chi connectivity index (χ3n) is 3.88. The normalized spacial score (nSPS) is 26.5. The maximum Gasteiger partial charge on any atom is 0.330 e. The molecule has 0 aromatic carbocycles. The number of hydrogen-bond acceptors (Lipinski definition) is 10. The fourth-order valence-corrected chi connectivity index (χ4v) is 2.77. The van der Waals surface area contributed by atoms with Crippen molar-refractivity contribution in [2.45, 2.75) is 45.0 Å². The molecular weight excluding hydrogens is 380 g/mol. The minimum Gasteiger partial charge on any atom is -0.460 e. The lowest BCUT2D eigenvalue weighted by Crippen LogP contribution is -2.51. The van der Waals surface area contributed by atoms with E-state index in [1.54, 1.807) is 0 Å². The summed E-state index contributed by atoms with van der Waals surface area (Å²) in [6.45, 7) is 2.84. The number of rotatable bonds is 6. The second-order valence-corrected chi connectivity index (χ2v) is 5.93. The Labute approximate surface area is 158 Å². The molecule has 1 N–H and O–H groups in total. The molecule has 0 radical (unpaired) electrons. The van der Waals surface area contributed by atoms with Gasteiger partial charge in [-0.05, 0) is 0 Å². The van der Waals surface area contributed by atoms with Crippen LogP contribution in [0.3, 0.4) is 0 Å². The van der Waals surface area contributed by atoms with Crippen LogP contribution in [-0.2, 0) is 38.1 Å². The zero-order valence-electron chi connectivity index (χ0n) is 15.6.